The molecule has 3 heteroatoms. The average Bonchev–Trinajstić information content (AvgIpc) is 2.81. The molecule has 2 aromatic carbocycles. The van der Waals surface area contributed by atoms with Crippen LogP contribution >= 0.6 is 0 Å². The monoisotopic (exact) mass is 233 g/mol. The molecule has 18 heavy (non-hydrogen) atoms. The standard InChI is InChI=1S/C15H11N3/c1-11-2-5-13-10-18(17-15(13)8-11)14-6-3-12(9-16)4-7-14/h2-8,10H,1H3. The number of aromatic nitrogens is 2. The summed E-state index contributed by atoms with van der Waals surface area (Å²) in [6, 6.07) is 15.7. The lowest BCUT2D eigenvalue weighted by molar-refractivity contribution is 0.896. The van der Waals surface area contributed by atoms with Crippen LogP contribution in [0.2, 0.25) is 0 Å². The van der Waals surface area contributed by atoms with Gasteiger partial charge in [0.1, 0.15) is 0 Å². The Labute approximate surface area is 105 Å². The van der Waals surface area contributed by atoms with Crippen LogP contribution in [0.15, 0.2) is 48.7 Å². The highest BCUT2D eigenvalue weighted by molar-refractivity contribution is 5.79. The van der Waals surface area contributed by atoms with Crippen LogP contribution in [0.3, 0.4) is 0 Å². The van der Waals surface area contributed by atoms with E-state index in [2.05, 4.69) is 36.3 Å². The zero-order valence-corrected chi connectivity index (χ0v) is 9.96. The molecule has 1 aromatic heterocycles. The molecular weight excluding hydrogens is 222 g/mol. The van der Waals surface area contributed by atoms with Gasteiger partial charge in [-0.25, -0.2) is 4.68 Å². The molecule has 3 rings (SSSR count). The fourth-order valence-corrected chi connectivity index (χ4v) is 1.95. The Morgan fingerprint density at radius 2 is 1.89 bits per heavy atom. The van der Waals surface area contributed by atoms with Crippen molar-refractivity contribution in [3.63, 3.8) is 0 Å². The zero-order chi connectivity index (χ0) is 12.5. The smallest absolute Gasteiger partial charge is 0.0991 e. The summed E-state index contributed by atoms with van der Waals surface area (Å²) in [4.78, 5) is 0. The molecule has 0 bridgehead atoms. The average molecular weight is 233 g/mol. The van der Waals surface area contributed by atoms with Crippen LogP contribution in [0, 0.1) is 18.3 Å². The van der Waals surface area contributed by atoms with Gasteiger partial charge < -0.3 is 0 Å². The van der Waals surface area contributed by atoms with Gasteiger partial charge in [-0.05, 0) is 42.8 Å². The number of nitrogens with zero attached hydrogens (tertiary/aromatic N) is 3. The fourth-order valence-electron chi connectivity index (χ4n) is 1.95. The summed E-state index contributed by atoms with van der Waals surface area (Å²) < 4.78 is 1.84. The molecule has 3 nitrogen and oxygen atoms in total. The van der Waals surface area contributed by atoms with Crippen molar-refractivity contribution < 1.29 is 0 Å². The summed E-state index contributed by atoms with van der Waals surface area (Å²) in [5, 5.41) is 14.4. The molecular formula is C15H11N3. The molecule has 0 saturated carbocycles. The van der Waals surface area contributed by atoms with Gasteiger partial charge in [0.15, 0.2) is 0 Å². The van der Waals surface area contributed by atoms with E-state index >= 15 is 0 Å². The normalized spacial score (nSPS) is 10.4. The third-order valence-electron chi connectivity index (χ3n) is 2.92. The molecule has 0 aliphatic carbocycles. The van der Waals surface area contributed by atoms with Gasteiger partial charge in [0.2, 0.25) is 0 Å². The molecule has 0 unspecified atom stereocenters. The van der Waals surface area contributed by atoms with Crippen LogP contribution in [0.4, 0.5) is 0 Å². The third kappa shape index (κ3) is 1.74. The minimum absolute atomic E-state index is 0.659. The maximum Gasteiger partial charge on any atom is 0.0991 e. The second-order valence-electron chi connectivity index (χ2n) is 4.29. The highest BCUT2D eigenvalue weighted by atomic mass is 15.3. The Bertz CT molecular complexity index is 745. The van der Waals surface area contributed by atoms with E-state index in [9.17, 15) is 0 Å². The van der Waals surface area contributed by atoms with E-state index in [1.165, 1.54) is 5.56 Å². The Morgan fingerprint density at radius 1 is 1.11 bits per heavy atom. The molecule has 0 aliphatic heterocycles. The van der Waals surface area contributed by atoms with Crippen molar-refractivity contribution in [3.05, 3.63) is 59.8 Å². The number of aryl methyl sites for hydroxylation is 1. The van der Waals surface area contributed by atoms with E-state index in [1.807, 2.05) is 23.0 Å². The minimum Gasteiger partial charge on any atom is -0.240 e. The molecule has 3 aromatic rings. The van der Waals surface area contributed by atoms with E-state index in [-0.39, 0.29) is 0 Å². The quantitative estimate of drug-likeness (QED) is 0.647. The number of benzene rings is 2. The summed E-state index contributed by atoms with van der Waals surface area (Å²) >= 11 is 0. The number of nitriles is 1. The number of hydrogen-bond acceptors (Lipinski definition) is 2. The van der Waals surface area contributed by atoms with E-state index in [0.717, 1.165) is 16.6 Å². The topological polar surface area (TPSA) is 41.6 Å². The lowest BCUT2D eigenvalue weighted by Crippen LogP contribution is -1.93. The van der Waals surface area contributed by atoms with Gasteiger partial charge in [-0.15, -0.1) is 0 Å². The Balaban J connectivity index is 2.10. The lowest BCUT2D eigenvalue weighted by atomic mass is 10.2. The van der Waals surface area contributed by atoms with Crippen LogP contribution < -0.4 is 0 Å². The number of hydrogen-bond donors (Lipinski definition) is 0. The molecule has 0 N–H and O–H groups in total. The second kappa shape index (κ2) is 4.01. The van der Waals surface area contributed by atoms with E-state index in [4.69, 9.17) is 5.26 Å². The van der Waals surface area contributed by atoms with Gasteiger partial charge in [-0.1, -0.05) is 12.1 Å². The van der Waals surface area contributed by atoms with Crippen molar-refractivity contribution >= 4 is 10.9 Å². The molecule has 0 aliphatic rings. The predicted molar refractivity (Wildman–Crippen MR) is 70.5 cm³/mol. The summed E-state index contributed by atoms with van der Waals surface area (Å²) in [7, 11) is 0. The largest absolute Gasteiger partial charge is 0.240 e. The van der Waals surface area contributed by atoms with Crippen molar-refractivity contribution in [2.75, 3.05) is 0 Å². The van der Waals surface area contributed by atoms with Crippen molar-refractivity contribution in [1.29, 1.82) is 5.26 Å². The van der Waals surface area contributed by atoms with Gasteiger partial charge in [0.05, 0.1) is 22.8 Å². The Hall–Kier alpha value is -2.60. The summed E-state index contributed by atoms with van der Waals surface area (Å²) in [6.07, 6.45) is 2.00. The molecule has 0 amide bonds. The van der Waals surface area contributed by atoms with Crippen LogP contribution in [0.25, 0.3) is 16.6 Å². The number of fused-ring (bicyclic) bond motifs is 1. The SMILES string of the molecule is Cc1ccc2cn(-c3ccc(C#N)cc3)nc2c1. The van der Waals surface area contributed by atoms with E-state index in [0.29, 0.717) is 5.56 Å². The summed E-state index contributed by atoms with van der Waals surface area (Å²) in [5.74, 6) is 0. The van der Waals surface area contributed by atoms with Gasteiger partial charge in [0.25, 0.3) is 0 Å². The maximum atomic E-state index is 8.77. The van der Waals surface area contributed by atoms with Crippen LogP contribution in [-0.2, 0) is 0 Å². The molecule has 0 saturated heterocycles. The highest BCUT2D eigenvalue weighted by Gasteiger charge is 2.02. The van der Waals surface area contributed by atoms with Gasteiger partial charge in [-0.2, -0.15) is 10.4 Å². The van der Waals surface area contributed by atoms with Crippen LogP contribution in [0.5, 0.6) is 0 Å². The Morgan fingerprint density at radius 3 is 2.61 bits per heavy atom. The van der Waals surface area contributed by atoms with Crippen molar-refractivity contribution in [1.82, 2.24) is 9.78 Å². The first-order valence-corrected chi connectivity index (χ1v) is 5.73. The predicted octanol–water partition coefficient (Wildman–Crippen LogP) is 3.21. The molecule has 1 heterocycles. The van der Waals surface area contributed by atoms with Crippen molar-refractivity contribution in [2.24, 2.45) is 0 Å². The number of rotatable bonds is 1. The minimum atomic E-state index is 0.659. The van der Waals surface area contributed by atoms with Crippen LogP contribution in [-0.4, -0.2) is 9.78 Å². The van der Waals surface area contributed by atoms with Crippen molar-refractivity contribution in [3.8, 4) is 11.8 Å². The first-order valence-electron chi connectivity index (χ1n) is 5.73. The highest BCUT2D eigenvalue weighted by Crippen LogP contribution is 2.17. The second-order valence-corrected chi connectivity index (χ2v) is 4.29. The first-order chi connectivity index (χ1) is 8.76. The lowest BCUT2D eigenvalue weighted by Gasteiger charge is -1.99. The van der Waals surface area contributed by atoms with Gasteiger partial charge >= 0.3 is 0 Å². The molecule has 0 radical (unpaired) electrons. The molecule has 0 atom stereocenters. The van der Waals surface area contributed by atoms with Crippen molar-refractivity contribution in [2.45, 2.75) is 6.92 Å². The zero-order valence-electron chi connectivity index (χ0n) is 9.96. The molecule has 0 fully saturated rings. The third-order valence-corrected chi connectivity index (χ3v) is 2.92. The molecule has 0 spiro atoms. The summed E-state index contributed by atoms with van der Waals surface area (Å²) in [5.41, 5.74) is 3.81. The molecule has 86 valence electrons. The van der Waals surface area contributed by atoms with E-state index in [1.54, 1.807) is 12.1 Å². The van der Waals surface area contributed by atoms with Crippen LogP contribution in [0.1, 0.15) is 11.1 Å². The van der Waals surface area contributed by atoms with E-state index < -0.39 is 0 Å². The maximum absolute atomic E-state index is 8.77. The van der Waals surface area contributed by atoms with Gasteiger partial charge in [-0.3, -0.25) is 0 Å². The Kier molecular flexibility index (Phi) is 2.35. The first kappa shape index (κ1) is 10.5. The van der Waals surface area contributed by atoms with Gasteiger partial charge in [0, 0.05) is 11.6 Å². The fraction of sp³-hybridized carbons (Fsp3) is 0.0667. The summed E-state index contributed by atoms with van der Waals surface area (Å²) in [6.45, 7) is 2.06.